The van der Waals surface area contributed by atoms with E-state index in [0.29, 0.717) is 0 Å². The molecule has 2 N–H and O–H groups in total. The van der Waals surface area contributed by atoms with Crippen LogP contribution < -0.4 is 10.6 Å². The molecule has 0 aliphatic carbocycles. The van der Waals surface area contributed by atoms with Crippen molar-refractivity contribution in [1.29, 1.82) is 0 Å². The molecule has 124 valence electrons. The molecular weight excluding hydrogens is 381 g/mol. The molecule has 0 unspecified atom stereocenters. The fraction of sp³-hybridized carbons (Fsp3) is 0.857. The number of rotatable bonds is 7. The van der Waals surface area contributed by atoms with E-state index in [9.17, 15) is 4.79 Å². The van der Waals surface area contributed by atoms with E-state index >= 15 is 0 Å². The molecular formula is C14H30IN5O. The van der Waals surface area contributed by atoms with Gasteiger partial charge in [0.1, 0.15) is 6.54 Å². The minimum Gasteiger partial charge on any atom is -0.357 e. The number of carbonyl (C=O) groups is 1. The minimum atomic E-state index is 0. The van der Waals surface area contributed by atoms with Gasteiger partial charge in [-0.15, -0.1) is 24.0 Å². The lowest BCUT2D eigenvalue weighted by atomic mass is 10.4. The van der Waals surface area contributed by atoms with Crippen molar-refractivity contribution in [3.8, 4) is 0 Å². The molecule has 0 radical (unpaired) electrons. The summed E-state index contributed by atoms with van der Waals surface area (Å²) in [6.45, 7) is 6.75. The predicted molar refractivity (Wildman–Crippen MR) is 98.4 cm³/mol. The summed E-state index contributed by atoms with van der Waals surface area (Å²) in [5, 5.41) is 6.43. The Kier molecular flexibility index (Phi) is 11.7. The zero-order chi connectivity index (χ0) is 14.8. The normalized spacial score (nSPS) is 15.0. The second-order valence-electron chi connectivity index (χ2n) is 5.37. The molecule has 0 atom stereocenters. The van der Waals surface area contributed by atoms with Crippen molar-refractivity contribution in [2.75, 3.05) is 53.4 Å². The maximum absolute atomic E-state index is 11.9. The van der Waals surface area contributed by atoms with Gasteiger partial charge in [-0.25, -0.2) is 4.99 Å². The summed E-state index contributed by atoms with van der Waals surface area (Å²) in [7, 11) is 4.13. The van der Waals surface area contributed by atoms with E-state index in [1.165, 1.54) is 0 Å². The van der Waals surface area contributed by atoms with Crippen LogP contribution in [-0.4, -0.2) is 75.0 Å². The molecule has 1 heterocycles. The second-order valence-corrected chi connectivity index (χ2v) is 5.37. The summed E-state index contributed by atoms with van der Waals surface area (Å²) in [4.78, 5) is 20.4. The van der Waals surface area contributed by atoms with Crippen LogP contribution in [0, 0.1) is 0 Å². The van der Waals surface area contributed by atoms with Gasteiger partial charge in [0.25, 0.3) is 0 Å². The monoisotopic (exact) mass is 411 g/mol. The lowest BCUT2D eigenvalue weighted by molar-refractivity contribution is -0.128. The van der Waals surface area contributed by atoms with Gasteiger partial charge in [-0.2, -0.15) is 0 Å². The molecule has 0 saturated carbocycles. The lowest BCUT2D eigenvalue weighted by Gasteiger charge is -2.15. The zero-order valence-corrected chi connectivity index (χ0v) is 15.9. The van der Waals surface area contributed by atoms with Crippen LogP contribution in [0.4, 0.5) is 0 Å². The molecule has 0 spiro atoms. The summed E-state index contributed by atoms with van der Waals surface area (Å²) < 4.78 is 0. The van der Waals surface area contributed by atoms with Crippen molar-refractivity contribution < 1.29 is 4.79 Å². The molecule has 1 rings (SSSR count). The Balaban J connectivity index is 0.00000400. The Morgan fingerprint density at radius 3 is 2.48 bits per heavy atom. The van der Waals surface area contributed by atoms with Crippen LogP contribution in [0.2, 0.25) is 0 Å². The smallest absolute Gasteiger partial charge is 0.244 e. The summed E-state index contributed by atoms with van der Waals surface area (Å²) in [6.07, 6.45) is 3.30. The number of nitrogens with one attached hydrogen (secondary N) is 2. The van der Waals surface area contributed by atoms with Crippen molar-refractivity contribution in [1.82, 2.24) is 20.4 Å². The average molecular weight is 411 g/mol. The predicted octanol–water partition coefficient (Wildman–Crippen LogP) is 0.734. The van der Waals surface area contributed by atoms with Crippen molar-refractivity contribution in [2.24, 2.45) is 4.99 Å². The van der Waals surface area contributed by atoms with E-state index in [4.69, 9.17) is 0 Å². The van der Waals surface area contributed by atoms with Crippen LogP contribution in [0.1, 0.15) is 26.2 Å². The summed E-state index contributed by atoms with van der Waals surface area (Å²) in [6, 6.07) is 0. The number of amides is 1. The Bertz CT molecular complexity index is 316. The number of nitrogens with zero attached hydrogens (tertiary/aromatic N) is 3. The molecule has 1 amide bonds. The fourth-order valence-electron chi connectivity index (χ4n) is 2.16. The van der Waals surface area contributed by atoms with E-state index in [0.717, 1.165) is 57.9 Å². The van der Waals surface area contributed by atoms with E-state index in [1.807, 2.05) is 11.8 Å². The van der Waals surface area contributed by atoms with Crippen LogP contribution in [0.3, 0.4) is 0 Å². The third-order valence-corrected chi connectivity index (χ3v) is 3.25. The highest BCUT2D eigenvalue weighted by atomic mass is 127. The van der Waals surface area contributed by atoms with Crippen LogP contribution >= 0.6 is 24.0 Å². The average Bonchev–Trinajstić information content (AvgIpc) is 2.94. The summed E-state index contributed by atoms with van der Waals surface area (Å²) in [5.74, 6) is 0.867. The molecule has 1 aliphatic heterocycles. The first-order chi connectivity index (χ1) is 9.63. The standard InChI is InChI=1S/C14H29N5O.HI/c1-4-15-14(16-8-7-9-18(2)3)17-12-13(20)19-10-5-6-11-19;/h4-12H2,1-3H3,(H2,15,16,17);1H. The highest BCUT2D eigenvalue weighted by Crippen LogP contribution is 2.07. The first kappa shape index (κ1) is 20.4. The molecule has 1 saturated heterocycles. The van der Waals surface area contributed by atoms with Crippen LogP contribution in [0.5, 0.6) is 0 Å². The number of likely N-dealkylation sites (tertiary alicyclic amines) is 1. The topological polar surface area (TPSA) is 60.0 Å². The van der Waals surface area contributed by atoms with Gasteiger partial charge in [0.05, 0.1) is 0 Å². The number of halogens is 1. The van der Waals surface area contributed by atoms with Crippen LogP contribution in [0.15, 0.2) is 4.99 Å². The number of guanidine groups is 1. The molecule has 0 bridgehead atoms. The first-order valence-electron chi connectivity index (χ1n) is 7.58. The highest BCUT2D eigenvalue weighted by molar-refractivity contribution is 14.0. The summed E-state index contributed by atoms with van der Waals surface area (Å²) >= 11 is 0. The Labute approximate surface area is 145 Å². The fourth-order valence-corrected chi connectivity index (χ4v) is 2.16. The number of hydrogen-bond donors (Lipinski definition) is 2. The summed E-state index contributed by atoms with van der Waals surface area (Å²) in [5.41, 5.74) is 0. The molecule has 1 aliphatic rings. The highest BCUT2D eigenvalue weighted by Gasteiger charge is 2.17. The van der Waals surface area contributed by atoms with E-state index in [-0.39, 0.29) is 36.4 Å². The molecule has 1 fully saturated rings. The van der Waals surface area contributed by atoms with Gasteiger partial charge in [-0.05, 0) is 46.8 Å². The van der Waals surface area contributed by atoms with Gasteiger partial charge in [0, 0.05) is 26.2 Å². The maximum Gasteiger partial charge on any atom is 0.244 e. The van der Waals surface area contributed by atoms with Gasteiger partial charge < -0.3 is 20.4 Å². The maximum atomic E-state index is 11.9. The van der Waals surface area contributed by atoms with Crippen molar-refractivity contribution >= 4 is 35.8 Å². The molecule has 0 aromatic carbocycles. The Morgan fingerprint density at radius 2 is 1.90 bits per heavy atom. The van der Waals surface area contributed by atoms with Gasteiger partial charge in [0.15, 0.2) is 5.96 Å². The largest absolute Gasteiger partial charge is 0.357 e. The van der Waals surface area contributed by atoms with Crippen LogP contribution in [-0.2, 0) is 4.79 Å². The molecule has 21 heavy (non-hydrogen) atoms. The second kappa shape index (κ2) is 12.0. The van der Waals surface area contributed by atoms with E-state index in [2.05, 4.69) is 34.6 Å². The number of carbonyl (C=O) groups excluding carboxylic acids is 1. The number of aliphatic imine (C=N–C) groups is 1. The van der Waals surface area contributed by atoms with Crippen molar-refractivity contribution in [2.45, 2.75) is 26.2 Å². The third-order valence-electron chi connectivity index (χ3n) is 3.25. The molecule has 7 heteroatoms. The van der Waals surface area contributed by atoms with Crippen LogP contribution in [0.25, 0.3) is 0 Å². The SMILES string of the molecule is CCNC(=NCC(=O)N1CCCC1)NCCCN(C)C.I. The quantitative estimate of drug-likeness (QED) is 0.281. The Morgan fingerprint density at radius 1 is 1.24 bits per heavy atom. The zero-order valence-electron chi connectivity index (χ0n) is 13.5. The molecule has 6 nitrogen and oxygen atoms in total. The minimum absolute atomic E-state index is 0. The van der Waals surface area contributed by atoms with Crippen molar-refractivity contribution in [3.05, 3.63) is 0 Å². The third kappa shape index (κ3) is 9.13. The van der Waals surface area contributed by atoms with Crippen molar-refractivity contribution in [3.63, 3.8) is 0 Å². The molecule has 0 aromatic heterocycles. The van der Waals surface area contributed by atoms with E-state index in [1.54, 1.807) is 0 Å². The van der Waals surface area contributed by atoms with E-state index < -0.39 is 0 Å². The first-order valence-corrected chi connectivity index (χ1v) is 7.58. The van der Waals surface area contributed by atoms with Gasteiger partial charge in [0.2, 0.25) is 5.91 Å². The molecule has 0 aromatic rings. The van der Waals surface area contributed by atoms with Gasteiger partial charge in [-0.1, -0.05) is 0 Å². The lowest BCUT2D eigenvalue weighted by Crippen LogP contribution is -2.39. The van der Waals surface area contributed by atoms with Gasteiger partial charge in [-0.3, -0.25) is 4.79 Å². The number of hydrogen-bond acceptors (Lipinski definition) is 3. The Hall–Kier alpha value is -0.570. The van der Waals surface area contributed by atoms with Gasteiger partial charge >= 0.3 is 0 Å².